The highest BCUT2D eigenvalue weighted by Crippen LogP contribution is 2.27. The number of carbonyl (C=O) groups excluding carboxylic acids is 1. The van der Waals surface area contributed by atoms with Crippen molar-refractivity contribution in [1.29, 1.82) is 0 Å². The first-order chi connectivity index (χ1) is 11.7. The Hall–Kier alpha value is -1.36. The number of rotatable bonds is 7. The van der Waals surface area contributed by atoms with Crippen molar-refractivity contribution >= 4 is 5.91 Å². The highest BCUT2D eigenvalue weighted by molar-refractivity contribution is 5.82. The number of aromatic amines is 1. The van der Waals surface area contributed by atoms with Gasteiger partial charge in [0, 0.05) is 45.0 Å². The van der Waals surface area contributed by atoms with Crippen LogP contribution in [0.4, 0.5) is 0 Å². The van der Waals surface area contributed by atoms with Crippen molar-refractivity contribution in [3.05, 3.63) is 17.7 Å². The van der Waals surface area contributed by atoms with Crippen molar-refractivity contribution in [3.63, 3.8) is 0 Å². The third kappa shape index (κ3) is 4.18. The van der Waals surface area contributed by atoms with Crippen LogP contribution in [0, 0.1) is 5.92 Å². The Morgan fingerprint density at radius 2 is 2.08 bits per heavy atom. The van der Waals surface area contributed by atoms with Gasteiger partial charge in [-0.2, -0.15) is 0 Å². The molecule has 1 saturated heterocycles. The van der Waals surface area contributed by atoms with Crippen LogP contribution in [0.1, 0.15) is 63.4 Å². The lowest BCUT2D eigenvalue weighted by Gasteiger charge is -2.39. The van der Waals surface area contributed by atoms with Crippen molar-refractivity contribution in [2.24, 2.45) is 5.92 Å². The average Bonchev–Trinajstić information content (AvgIpc) is 3.23. The molecule has 0 radical (unpaired) electrons. The molecular formula is C19H32N4O. The topological polar surface area (TPSA) is 52.2 Å². The van der Waals surface area contributed by atoms with E-state index in [2.05, 4.69) is 21.8 Å². The summed E-state index contributed by atoms with van der Waals surface area (Å²) in [6, 6.07) is 0.0327. The van der Waals surface area contributed by atoms with Crippen LogP contribution in [0.5, 0.6) is 0 Å². The Kier molecular flexibility index (Phi) is 5.93. The van der Waals surface area contributed by atoms with E-state index in [4.69, 9.17) is 0 Å². The van der Waals surface area contributed by atoms with Gasteiger partial charge in [-0.15, -0.1) is 0 Å². The number of nitrogens with zero attached hydrogens (tertiary/aromatic N) is 3. The lowest BCUT2D eigenvalue weighted by molar-refractivity contribution is -0.140. The molecule has 24 heavy (non-hydrogen) atoms. The van der Waals surface area contributed by atoms with Crippen LogP contribution in [0.25, 0.3) is 0 Å². The maximum Gasteiger partial charge on any atom is 0.239 e. The van der Waals surface area contributed by atoms with Crippen LogP contribution < -0.4 is 0 Å². The highest BCUT2D eigenvalue weighted by Gasteiger charge is 2.32. The van der Waals surface area contributed by atoms with E-state index in [1.54, 1.807) is 0 Å². The molecule has 2 aliphatic rings. The normalized spacial score (nSPS) is 23.3. The van der Waals surface area contributed by atoms with Crippen molar-refractivity contribution in [3.8, 4) is 0 Å². The predicted molar refractivity (Wildman–Crippen MR) is 95.6 cm³/mol. The molecule has 5 heteroatoms. The summed E-state index contributed by atoms with van der Waals surface area (Å²) in [6.45, 7) is 4.77. The first kappa shape index (κ1) is 17.5. The number of aromatic nitrogens is 2. The summed E-state index contributed by atoms with van der Waals surface area (Å²) in [4.78, 5) is 24.8. The fourth-order valence-electron chi connectivity index (χ4n) is 4.14. The summed E-state index contributed by atoms with van der Waals surface area (Å²) in [5, 5.41) is 0. The van der Waals surface area contributed by atoms with Gasteiger partial charge in [-0.1, -0.05) is 45.4 Å². The summed E-state index contributed by atoms with van der Waals surface area (Å²) < 4.78 is 0. The van der Waals surface area contributed by atoms with Gasteiger partial charge in [-0.25, -0.2) is 4.98 Å². The number of likely N-dealkylation sites (N-methyl/N-ethyl adjacent to an activating group) is 1. The van der Waals surface area contributed by atoms with Gasteiger partial charge < -0.3 is 9.88 Å². The molecule has 3 rings (SSSR count). The SMILES string of the molecule is CCCC[C@H]1C(=O)N(C)CCN1Cc1cnc(CC2CCCC2)[nH]1. The van der Waals surface area contributed by atoms with Gasteiger partial charge in [0.15, 0.2) is 0 Å². The van der Waals surface area contributed by atoms with Crippen LogP contribution in [-0.2, 0) is 17.8 Å². The molecule has 1 aromatic rings. The lowest BCUT2D eigenvalue weighted by atomic mass is 10.0. The van der Waals surface area contributed by atoms with E-state index >= 15 is 0 Å². The maximum atomic E-state index is 12.5. The summed E-state index contributed by atoms with van der Waals surface area (Å²) in [5.74, 6) is 2.22. The Bertz CT molecular complexity index is 535. The highest BCUT2D eigenvalue weighted by atomic mass is 16.2. The number of hydrogen-bond acceptors (Lipinski definition) is 3. The van der Waals surface area contributed by atoms with Gasteiger partial charge >= 0.3 is 0 Å². The second-order valence-corrected chi connectivity index (χ2v) is 7.60. The van der Waals surface area contributed by atoms with Gasteiger partial charge in [0.05, 0.1) is 6.04 Å². The van der Waals surface area contributed by atoms with Crippen molar-refractivity contribution in [1.82, 2.24) is 19.8 Å². The van der Waals surface area contributed by atoms with Gasteiger partial charge in [0.25, 0.3) is 0 Å². The zero-order valence-electron chi connectivity index (χ0n) is 15.3. The molecule has 0 aromatic carbocycles. The molecular weight excluding hydrogens is 300 g/mol. The first-order valence-electron chi connectivity index (χ1n) is 9.69. The maximum absolute atomic E-state index is 12.5. The van der Waals surface area contributed by atoms with E-state index in [-0.39, 0.29) is 11.9 Å². The molecule has 1 amide bonds. The zero-order chi connectivity index (χ0) is 16.9. The van der Waals surface area contributed by atoms with E-state index in [9.17, 15) is 4.79 Å². The Morgan fingerprint density at radius 3 is 2.83 bits per heavy atom. The average molecular weight is 332 g/mol. The fourth-order valence-corrected chi connectivity index (χ4v) is 4.14. The second kappa shape index (κ2) is 8.15. The van der Waals surface area contributed by atoms with Crippen molar-refractivity contribution in [2.75, 3.05) is 20.1 Å². The standard InChI is InChI=1S/C19H32N4O/c1-3-4-9-17-19(24)22(2)10-11-23(17)14-16-13-20-18(21-16)12-15-7-5-6-8-15/h13,15,17H,3-12,14H2,1-2H3,(H,20,21)/t17-/m0/s1. The predicted octanol–water partition coefficient (Wildman–Crippen LogP) is 2.98. The van der Waals surface area contributed by atoms with E-state index in [1.165, 1.54) is 25.7 Å². The Morgan fingerprint density at radius 1 is 1.29 bits per heavy atom. The minimum absolute atomic E-state index is 0.0327. The fraction of sp³-hybridized carbons (Fsp3) is 0.789. The number of H-pyrrole nitrogens is 1. The Labute approximate surface area is 145 Å². The number of hydrogen-bond donors (Lipinski definition) is 1. The largest absolute Gasteiger partial charge is 0.345 e. The van der Waals surface area contributed by atoms with Crippen LogP contribution in [0.3, 0.4) is 0 Å². The summed E-state index contributed by atoms with van der Waals surface area (Å²) >= 11 is 0. The monoisotopic (exact) mass is 332 g/mol. The van der Waals surface area contributed by atoms with E-state index in [1.807, 2.05) is 18.1 Å². The minimum atomic E-state index is 0.0327. The number of carbonyl (C=O) groups is 1. The molecule has 5 nitrogen and oxygen atoms in total. The summed E-state index contributed by atoms with van der Waals surface area (Å²) in [7, 11) is 1.93. The zero-order valence-corrected chi connectivity index (χ0v) is 15.3. The lowest BCUT2D eigenvalue weighted by Crippen LogP contribution is -2.55. The van der Waals surface area contributed by atoms with Gasteiger partial charge in [0.2, 0.25) is 5.91 Å². The van der Waals surface area contributed by atoms with Crippen LogP contribution >= 0.6 is 0 Å². The number of piperazine rings is 1. The van der Waals surface area contributed by atoms with Crippen LogP contribution in [-0.4, -0.2) is 51.9 Å². The second-order valence-electron chi connectivity index (χ2n) is 7.60. The van der Waals surface area contributed by atoms with E-state index in [0.29, 0.717) is 0 Å². The summed E-state index contributed by atoms with van der Waals surface area (Å²) in [5.41, 5.74) is 1.15. The molecule has 1 N–H and O–H groups in total. The number of unbranched alkanes of at least 4 members (excludes halogenated alkanes) is 1. The number of imidazole rings is 1. The number of nitrogens with one attached hydrogen (secondary N) is 1. The molecule has 0 spiro atoms. The third-order valence-electron chi connectivity index (χ3n) is 5.67. The van der Waals surface area contributed by atoms with Crippen LogP contribution in [0.2, 0.25) is 0 Å². The van der Waals surface area contributed by atoms with E-state index < -0.39 is 0 Å². The van der Waals surface area contributed by atoms with Gasteiger partial charge in [-0.3, -0.25) is 9.69 Å². The molecule has 1 atom stereocenters. The van der Waals surface area contributed by atoms with Gasteiger partial charge in [-0.05, 0) is 12.3 Å². The smallest absolute Gasteiger partial charge is 0.239 e. The molecule has 2 heterocycles. The molecule has 0 unspecified atom stereocenters. The third-order valence-corrected chi connectivity index (χ3v) is 5.67. The van der Waals surface area contributed by atoms with E-state index in [0.717, 1.165) is 62.8 Å². The van der Waals surface area contributed by atoms with Crippen molar-refractivity contribution in [2.45, 2.75) is 70.9 Å². The summed E-state index contributed by atoms with van der Waals surface area (Å²) in [6.07, 6.45) is 11.7. The quantitative estimate of drug-likeness (QED) is 0.835. The van der Waals surface area contributed by atoms with Crippen LogP contribution in [0.15, 0.2) is 6.20 Å². The molecule has 1 saturated carbocycles. The van der Waals surface area contributed by atoms with Crippen molar-refractivity contribution < 1.29 is 4.79 Å². The number of amides is 1. The molecule has 1 aliphatic carbocycles. The molecule has 1 aromatic heterocycles. The molecule has 1 aliphatic heterocycles. The molecule has 2 fully saturated rings. The van der Waals surface area contributed by atoms with Gasteiger partial charge in [0.1, 0.15) is 5.82 Å². The Balaban J connectivity index is 1.60. The molecule has 0 bridgehead atoms. The first-order valence-corrected chi connectivity index (χ1v) is 9.69. The minimum Gasteiger partial charge on any atom is -0.345 e. The molecule has 134 valence electrons.